The molecule has 0 bridgehead atoms. The summed E-state index contributed by atoms with van der Waals surface area (Å²) < 4.78 is 11.3. The van der Waals surface area contributed by atoms with Crippen LogP contribution in [0, 0.1) is 0 Å². The lowest BCUT2D eigenvalue weighted by atomic mass is 10.0. The number of benzene rings is 8. The summed E-state index contributed by atoms with van der Waals surface area (Å²) in [6.45, 7) is 0. The topological polar surface area (TPSA) is 61.7 Å². The third-order valence-electron chi connectivity index (χ3n) is 11.2. The van der Waals surface area contributed by atoms with E-state index < -0.39 is 0 Å². The molecule has 0 atom stereocenters. The van der Waals surface area contributed by atoms with Gasteiger partial charge in [-0.25, -0.2) is 15.0 Å². The smallest absolute Gasteiger partial charge is 0.164 e. The van der Waals surface area contributed by atoms with Crippen molar-refractivity contribution in [2.75, 3.05) is 0 Å². The van der Waals surface area contributed by atoms with Crippen LogP contribution in [0.5, 0.6) is 0 Å². The van der Waals surface area contributed by atoms with Gasteiger partial charge in [0.25, 0.3) is 0 Å². The summed E-state index contributed by atoms with van der Waals surface area (Å²) in [6.07, 6.45) is 0. The number of rotatable bonds is 5. The number of fused-ring (bicyclic) bond motifs is 11. The van der Waals surface area contributed by atoms with Gasteiger partial charge in [-0.1, -0.05) is 121 Å². The molecule has 0 N–H and O–H groups in total. The fraction of sp³-hybridized carbons (Fsp3) is 0. The number of para-hydroxylation sites is 3. The highest BCUT2D eigenvalue weighted by Gasteiger charge is 2.24. The minimum atomic E-state index is 0.622. The maximum Gasteiger partial charge on any atom is 0.164 e. The predicted molar refractivity (Wildman–Crippen MR) is 232 cm³/mol. The minimum absolute atomic E-state index is 0.622. The van der Waals surface area contributed by atoms with Gasteiger partial charge in [0.05, 0.1) is 22.1 Å². The van der Waals surface area contributed by atoms with Crippen LogP contribution in [0.4, 0.5) is 0 Å². The van der Waals surface area contributed by atoms with Gasteiger partial charge in [-0.15, -0.1) is 0 Å². The van der Waals surface area contributed by atoms with Crippen LogP contribution < -0.4 is 0 Å². The summed E-state index contributed by atoms with van der Waals surface area (Å²) in [6, 6.07) is 65.4. The molecule has 0 saturated carbocycles. The Labute approximate surface area is 326 Å². The van der Waals surface area contributed by atoms with Crippen molar-refractivity contribution in [3.8, 4) is 45.5 Å². The largest absolute Gasteiger partial charge is 0.456 e. The summed E-state index contributed by atoms with van der Waals surface area (Å²) >= 11 is 0. The molecule has 0 radical (unpaired) electrons. The number of nitrogens with zero attached hydrogens (tertiary/aromatic N) is 5. The molecule has 0 amide bonds. The Morgan fingerprint density at radius 3 is 1.53 bits per heavy atom. The minimum Gasteiger partial charge on any atom is -0.456 e. The van der Waals surface area contributed by atoms with Crippen molar-refractivity contribution in [2.45, 2.75) is 0 Å². The highest BCUT2D eigenvalue weighted by atomic mass is 16.3. The Kier molecular flexibility index (Phi) is 6.83. The molecule has 0 unspecified atom stereocenters. The standard InChI is InChI=1S/C51H31N5O/c1-4-14-32(15-5-1)49-52-50(33-16-6-2-7-17-33)54-51(53-49)34-24-26-36(27-25-34)55-41-30-31-44-45(39-21-11-13-23-43(39)57-44)46(41)47-42(55)29-28-38-37-20-10-12-22-40(37)56(48(38)47)35-18-8-3-9-19-35/h1-31H. The zero-order valence-corrected chi connectivity index (χ0v) is 30.5. The maximum absolute atomic E-state index is 6.52. The second-order valence-corrected chi connectivity index (χ2v) is 14.4. The van der Waals surface area contributed by atoms with Crippen LogP contribution in [0.2, 0.25) is 0 Å². The van der Waals surface area contributed by atoms with Gasteiger partial charge in [0.2, 0.25) is 0 Å². The Morgan fingerprint density at radius 2 is 0.842 bits per heavy atom. The molecular formula is C51H31N5O. The molecule has 266 valence electrons. The van der Waals surface area contributed by atoms with Gasteiger partial charge in [0.15, 0.2) is 17.5 Å². The SMILES string of the molecule is c1ccc(-c2nc(-c3ccccc3)nc(-c3ccc(-n4c5ccc6oc7ccccc7c6c5c5c4ccc4c6ccccc6n(-c6ccccc6)c45)cc3)n2)cc1. The first kappa shape index (κ1) is 31.5. The van der Waals surface area contributed by atoms with Crippen LogP contribution in [0.15, 0.2) is 192 Å². The van der Waals surface area contributed by atoms with Crippen molar-refractivity contribution in [1.82, 2.24) is 24.1 Å². The monoisotopic (exact) mass is 729 g/mol. The van der Waals surface area contributed by atoms with Gasteiger partial charge in [-0.05, 0) is 66.7 Å². The lowest BCUT2D eigenvalue weighted by Gasteiger charge is -2.11. The van der Waals surface area contributed by atoms with Crippen LogP contribution in [0.3, 0.4) is 0 Å². The summed E-state index contributed by atoms with van der Waals surface area (Å²) in [5.41, 5.74) is 11.3. The molecule has 4 heterocycles. The van der Waals surface area contributed by atoms with Gasteiger partial charge < -0.3 is 13.6 Å². The van der Waals surface area contributed by atoms with Crippen molar-refractivity contribution in [3.63, 3.8) is 0 Å². The molecular weight excluding hydrogens is 699 g/mol. The highest BCUT2D eigenvalue weighted by molar-refractivity contribution is 6.34. The molecule has 0 spiro atoms. The average molecular weight is 730 g/mol. The van der Waals surface area contributed by atoms with Gasteiger partial charge in [0, 0.05) is 60.4 Å². The van der Waals surface area contributed by atoms with Crippen LogP contribution in [-0.2, 0) is 0 Å². The Balaban J connectivity index is 1.14. The molecule has 4 aromatic heterocycles. The van der Waals surface area contributed by atoms with Crippen molar-refractivity contribution in [3.05, 3.63) is 188 Å². The lowest BCUT2D eigenvalue weighted by Crippen LogP contribution is -2.00. The first-order valence-corrected chi connectivity index (χ1v) is 19.1. The third-order valence-corrected chi connectivity index (χ3v) is 11.2. The van der Waals surface area contributed by atoms with E-state index in [4.69, 9.17) is 19.4 Å². The molecule has 12 aromatic rings. The molecule has 8 aromatic carbocycles. The summed E-state index contributed by atoms with van der Waals surface area (Å²) in [5, 5.41) is 6.99. The van der Waals surface area contributed by atoms with Gasteiger partial charge in [-0.3, -0.25) is 0 Å². The Bertz CT molecular complexity index is 3430. The summed E-state index contributed by atoms with van der Waals surface area (Å²) in [5.74, 6) is 1.90. The van der Waals surface area contributed by atoms with Crippen LogP contribution in [0.1, 0.15) is 0 Å². The number of aromatic nitrogens is 5. The van der Waals surface area contributed by atoms with Crippen molar-refractivity contribution >= 4 is 65.6 Å². The fourth-order valence-corrected chi connectivity index (χ4v) is 8.68. The molecule has 0 aliphatic rings. The van der Waals surface area contributed by atoms with E-state index >= 15 is 0 Å². The second kappa shape index (κ2) is 12.3. The zero-order valence-electron chi connectivity index (χ0n) is 30.5. The summed E-state index contributed by atoms with van der Waals surface area (Å²) in [7, 11) is 0. The molecule has 57 heavy (non-hydrogen) atoms. The molecule has 0 fully saturated rings. The predicted octanol–water partition coefficient (Wildman–Crippen LogP) is 13.0. The number of hydrogen-bond acceptors (Lipinski definition) is 4. The highest BCUT2D eigenvalue weighted by Crippen LogP contribution is 2.46. The molecule has 0 aliphatic heterocycles. The first-order valence-electron chi connectivity index (χ1n) is 19.1. The van der Waals surface area contributed by atoms with E-state index in [1.165, 1.54) is 32.6 Å². The van der Waals surface area contributed by atoms with Gasteiger partial charge in [-0.2, -0.15) is 0 Å². The first-order chi connectivity index (χ1) is 28.3. The second-order valence-electron chi connectivity index (χ2n) is 14.4. The molecule has 0 saturated heterocycles. The molecule has 6 heteroatoms. The van der Waals surface area contributed by atoms with Crippen LogP contribution >= 0.6 is 0 Å². The normalized spacial score (nSPS) is 11.9. The molecule has 6 nitrogen and oxygen atoms in total. The Hall–Kier alpha value is -7.83. The lowest BCUT2D eigenvalue weighted by molar-refractivity contribution is 0.669. The van der Waals surface area contributed by atoms with E-state index in [2.05, 4.69) is 130 Å². The molecule has 12 rings (SSSR count). The number of hydrogen-bond donors (Lipinski definition) is 0. The van der Waals surface area contributed by atoms with Crippen molar-refractivity contribution in [2.24, 2.45) is 0 Å². The van der Waals surface area contributed by atoms with E-state index in [-0.39, 0.29) is 0 Å². The quantitative estimate of drug-likeness (QED) is 0.177. The van der Waals surface area contributed by atoms with E-state index in [9.17, 15) is 0 Å². The van der Waals surface area contributed by atoms with Crippen LogP contribution in [-0.4, -0.2) is 24.1 Å². The Morgan fingerprint density at radius 1 is 0.316 bits per heavy atom. The zero-order chi connectivity index (χ0) is 37.5. The van der Waals surface area contributed by atoms with Crippen molar-refractivity contribution < 1.29 is 4.42 Å². The van der Waals surface area contributed by atoms with Crippen LogP contribution in [0.25, 0.3) is 111 Å². The van der Waals surface area contributed by atoms with E-state index in [0.29, 0.717) is 17.5 Å². The maximum atomic E-state index is 6.52. The number of furan rings is 1. The summed E-state index contributed by atoms with van der Waals surface area (Å²) in [4.78, 5) is 14.9. The van der Waals surface area contributed by atoms with Gasteiger partial charge >= 0.3 is 0 Å². The van der Waals surface area contributed by atoms with E-state index in [1.807, 2.05) is 66.7 Å². The van der Waals surface area contributed by atoms with Crippen molar-refractivity contribution in [1.29, 1.82) is 0 Å². The third kappa shape index (κ3) is 4.81. The average Bonchev–Trinajstić information content (AvgIpc) is 3.95. The van der Waals surface area contributed by atoms with E-state index in [1.54, 1.807) is 0 Å². The fourth-order valence-electron chi connectivity index (χ4n) is 8.68. The van der Waals surface area contributed by atoms with Gasteiger partial charge in [0.1, 0.15) is 11.2 Å². The molecule has 0 aliphatic carbocycles. The van der Waals surface area contributed by atoms with E-state index in [0.717, 1.165) is 61.0 Å².